The van der Waals surface area contributed by atoms with Crippen molar-refractivity contribution in [2.45, 2.75) is 0 Å². The Bertz CT molecular complexity index is 672. The summed E-state index contributed by atoms with van der Waals surface area (Å²) >= 11 is 0. The van der Waals surface area contributed by atoms with E-state index in [2.05, 4.69) is 15.8 Å². The zero-order chi connectivity index (χ0) is 15.1. The number of para-hydroxylation sites is 1. The molecular formula is C15H12FN3O2. The third-order valence-corrected chi connectivity index (χ3v) is 2.47. The number of rotatable bonds is 3. The van der Waals surface area contributed by atoms with Gasteiger partial charge in [-0.2, -0.15) is 5.10 Å². The Morgan fingerprint density at radius 1 is 1.00 bits per heavy atom. The van der Waals surface area contributed by atoms with E-state index in [4.69, 9.17) is 0 Å². The molecule has 0 fully saturated rings. The number of carbonyl (C=O) groups is 2. The van der Waals surface area contributed by atoms with Gasteiger partial charge in [-0.1, -0.05) is 30.3 Å². The van der Waals surface area contributed by atoms with Crippen molar-refractivity contribution in [1.29, 1.82) is 0 Å². The largest absolute Gasteiger partial charge is 0.329 e. The number of nitrogens with one attached hydrogen (secondary N) is 2. The van der Waals surface area contributed by atoms with Gasteiger partial charge in [0.05, 0.1) is 6.21 Å². The molecule has 0 atom stereocenters. The smallest absolute Gasteiger partial charge is 0.318 e. The Balaban J connectivity index is 1.88. The lowest BCUT2D eigenvalue weighted by molar-refractivity contribution is -0.136. The van der Waals surface area contributed by atoms with Gasteiger partial charge >= 0.3 is 11.8 Å². The Hall–Kier alpha value is -3.02. The zero-order valence-electron chi connectivity index (χ0n) is 10.9. The van der Waals surface area contributed by atoms with Crippen LogP contribution < -0.4 is 10.7 Å². The Morgan fingerprint density at radius 2 is 1.76 bits per heavy atom. The predicted octanol–water partition coefficient (Wildman–Crippen LogP) is 1.91. The molecule has 0 unspecified atom stereocenters. The standard InChI is InChI=1S/C15H12FN3O2/c16-12-6-4-5-11(9-12)10-17-19-15(21)14(20)18-13-7-2-1-3-8-13/h1-10H,(H,18,20)(H,19,21). The second-order valence-electron chi connectivity index (χ2n) is 4.07. The van der Waals surface area contributed by atoms with Crippen LogP contribution in [0.4, 0.5) is 10.1 Å². The van der Waals surface area contributed by atoms with Gasteiger partial charge in [-0.25, -0.2) is 9.82 Å². The van der Waals surface area contributed by atoms with Crippen molar-refractivity contribution in [1.82, 2.24) is 5.43 Å². The molecule has 0 aliphatic rings. The van der Waals surface area contributed by atoms with Crippen LogP contribution in [0.3, 0.4) is 0 Å². The first-order chi connectivity index (χ1) is 10.1. The van der Waals surface area contributed by atoms with E-state index in [1.165, 1.54) is 24.4 Å². The lowest BCUT2D eigenvalue weighted by Crippen LogP contribution is -2.32. The van der Waals surface area contributed by atoms with Gasteiger partial charge in [0.1, 0.15) is 5.82 Å². The van der Waals surface area contributed by atoms with E-state index >= 15 is 0 Å². The zero-order valence-corrected chi connectivity index (χ0v) is 10.9. The maximum absolute atomic E-state index is 12.9. The highest BCUT2D eigenvalue weighted by atomic mass is 19.1. The van der Waals surface area contributed by atoms with Gasteiger partial charge in [0, 0.05) is 5.69 Å². The average molecular weight is 285 g/mol. The number of anilines is 1. The fourth-order valence-electron chi connectivity index (χ4n) is 1.51. The van der Waals surface area contributed by atoms with Gasteiger partial charge < -0.3 is 5.32 Å². The summed E-state index contributed by atoms with van der Waals surface area (Å²) in [6.07, 6.45) is 1.25. The topological polar surface area (TPSA) is 70.6 Å². The van der Waals surface area contributed by atoms with Crippen molar-refractivity contribution in [3.63, 3.8) is 0 Å². The first-order valence-corrected chi connectivity index (χ1v) is 6.10. The molecule has 0 aliphatic heterocycles. The summed E-state index contributed by atoms with van der Waals surface area (Å²) in [4.78, 5) is 23.0. The van der Waals surface area contributed by atoms with Crippen LogP contribution in [-0.2, 0) is 9.59 Å². The normalized spacial score (nSPS) is 10.3. The van der Waals surface area contributed by atoms with E-state index in [0.717, 1.165) is 0 Å². The van der Waals surface area contributed by atoms with Gasteiger partial charge in [0.25, 0.3) is 0 Å². The molecule has 106 valence electrons. The maximum Gasteiger partial charge on any atom is 0.329 e. The van der Waals surface area contributed by atoms with E-state index in [0.29, 0.717) is 11.3 Å². The van der Waals surface area contributed by atoms with Crippen LogP contribution in [0.15, 0.2) is 59.7 Å². The number of hydrazone groups is 1. The number of carbonyl (C=O) groups excluding carboxylic acids is 2. The SMILES string of the molecule is O=C(NN=Cc1cccc(F)c1)C(=O)Nc1ccccc1. The van der Waals surface area contributed by atoms with Crippen LogP contribution >= 0.6 is 0 Å². The van der Waals surface area contributed by atoms with Crippen LogP contribution in [0, 0.1) is 5.82 Å². The van der Waals surface area contributed by atoms with Crippen molar-refractivity contribution >= 4 is 23.7 Å². The molecule has 0 heterocycles. The second kappa shape index (κ2) is 6.95. The molecule has 6 heteroatoms. The molecule has 2 aromatic rings. The summed E-state index contributed by atoms with van der Waals surface area (Å²) in [6.45, 7) is 0. The lowest BCUT2D eigenvalue weighted by atomic mass is 10.2. The molecule has 0 radical (unpaired) electrons. The summed E-state index contributed by atoms with van der Waals surface area (Å²) in [5.74, 6) is -2.16. The third kappa shape index (κ3) is 4.54. The molecule has 0 bridgehead atoms. The minimum Gasteiger partial charge on any atom is -0.318 e. The van der Waals surface area contributed by atoms with Crippen LogP contribution in [0.25, 0.3) is 0 Å². The van der Waals surface area contributed by atoms with Gasteiger partial charge in [0.2, 0.25) is 0 Å². The quantitative estimate of drug-likeness (QED) is 0.514. The van der Waals surface area contributed by atoms with Crippen molar-refractivity contribution in [2.24, 2.45) is 5.10 Å². The monoisotopic (exact) mass is 285 g/mol. The minimum atomic E-state index is -0.911. The molecular weight excluding hydrogens is 273 g/mol. The first kappa shape index (κ1) is 14.4. The van der Waals surface area contributed by atoms with Crippen molar-refractivity contribution in [3.8, 4) is 0 Å². The summed E-state index contributed by atoms with van der Waals surface area (Å²) in [7, 11) is 0. The van der Waals surface area contributed by atoms with Gasteiger partial charge in [0.15, 0.2) is 0 Å². The highest BCUT2D eigenvalue weighted by molar-refractivity contribution is 6.39. The lowest BCUT2D eigenvalue weighted by Gasteiger charge is -2.02. The summed E-state index contributed by atoms with van der Waals surface area (Å²) in [5.41, 5.74) is 3.04. The first-order valence-electron chi connectivity index (χ1n) is 6.10. The summed E-state index contributed by atoms with van der Waals surface area (Å²) in [5, 5.41) is 6.01. The Kier molecular flexibility index (Phi) is 4.76. The Labute approximate surface area is 120 Å². The van der Waals surface area contributed by atoms with Crippen LogP contribution in [0.1, 0.15) is 5.56 Å². The number of hydrogen-bond donors (Lipinski definition) is 2. The summed E-state index contributed by atoms with van der Waals surface area (Å²) < 4.78 is 12.9. The van der Waals surface area contributed by atoms with Crippen LogP contribution in [0.5, 0.6) is 0 Å². The van der Waals surface area contributed by atoms with Crippen molar-refractivity contribution < 1.29 is 14.0 Å². The van der Waals surface area contributed by atoms with Crippen molar-refractivity contribution in [3.05, 3.63) is 66.0 Å². The highest BCUT2D eigenvalue weighted by Crippen LogP contribution is 2.04. The van der Waals surface area contributed by atoms with Gasteiger partial charge in [-0.3, -0.25) is 9.59 Å². The van der Waals surface area contributed by atoms with E-state index in [-0.39, 0.29) is 0 Å². The molecule has 21 heavy (non-hydrogen) atoms. The summed E-state index contributed by atoms with van der Waals surface area (Å²) in [6, 6.07) is 14.2. The van der Waals surface area contributed by atoms with E-state index < -0.39 is 17.6 Å². The molecule has 5 nitrogen and oxygen atoms in total. The molecule has 0 saturated heterocycles. The number of benzene rings is 2. The molecule has 2 amide bonds. The fraction of sp³-hybridized carbons (Fsp3) is 0. The second-order valence-corrected chi connectivity index (χ2v) is 4.07. The third-order valence-electron chi connectivity index (χ3n) is 2.47. The Morgan fingerprint density at radius 3 is 2.48 bits per heavy atom. The van der Waals surface area contributed by atoms with Gasteiger partial charge in [-0.15, -0.1) is 0 Å². The molecule has 0 aliphatic carbocycles. The molecule has 0 aromatic heterocycles. The van der Waals surface area contributed by atoms with E-state index in [9.17, 15) is 14.0 Å². The number of halogens is 1. The van der Waals surface area contributed by atoms with E-state index in [1.807, 2.05) is 0 Å². The number of amides is 2. The van der Waals surface area contributed by atoms with Gasteiger partial charge in [-0.05, 0) is 29.8 Å². The van der Waals surface area contributed by atoms with Crippen molar-refractivity contribution in [2.75, 3.05) is 5.32 Å². The van der Waals surface area contributed by atoms with Crippen LogP contribution in [0.2, 0.25) is 0 Å². The fourth-order valence-corrected chi connectivity index (χ4v) is 1.51. The number of hydrogen-bond acceptors (Lipinski definition) is 3. The molecule has 2 aromatic carbocycles. The highest BCUT2D eigenvalue weighted by Gasteiger charge is 2.12. The molecule has 0 spiro atoms. The average Bonchev–Trinajstić information content (AvgIpc) is 2.48. The predicted molar refractivity (Wildman–Crippen MR) is 77.2 cm³/mol. The maximum atomic E-state index is 12.9. The molecule has 0 saturated carbocycles. The van der Waals surface area contributed by atoms with Crippen LogP contribution in [-0.4, -0.2) is 18.0 Å². The minimum absolute atomic E-state index is 0.410. The number of nitrogens with zero attached hydrogens (tertiary/aromatic N) is 1. The van der Waals surface area contributed by atoms with E-state index in [1.54, 1.807) is 36.4 Å². The molecule has 2 N–H and O–H groups in total. The molecule has 2 rings (SSSR count).